The van der Waals surface area contributed by atoms with Crippen molar-refractivity contribution in [3.63, 3.8) is 0 Å². The minimum Gasteiger partial charge on any atom is -0.398 e. The van der Waals surface area contributed by atoms with Gasteiger partial charge in [0.15, 0.2) is 0 Å². The van der Waals surface area contributed by atoms with E-state index in [4.69, 9.17) is 5.73 Å². The van der Waals surface area contributed by atoms with Crippen LogP contribution in [0.4, 0.5) is 5.69 Å². The van der Waals surface area contributed by atoms with Crippen LogP contribution in [0.25, 0.3) is 0 Å². The minimum absolute atomic E-state index is 0.277. The van der Waals surface area contributed by atoms with Crippen molar-refractivity contribution in [2.24, 2.45) is 5.92 Å². The highest BCUT2D eigenvalue weighted by Crippen LogP contribution is 2.19. The van der Waals surface area contributed by atoms with Gasteiger partial charge < -0.3 is 11.1 Å². The van der Waals surface area contributed by atoms with Crippen LogP contribution < -0.4 is 11.1 Å². The molecule has 0 fully saturated rings. The van der Waals surface area contributed by atoms with Crippen LogP contribution in [0.3, 0.4) is 0 Å². The molecule has 0 heterocycles. The highest BCUT2D eigenvalue weighted by molar-refractivity contribution is 5.50. The second kappa shape index (κ2) is 7.18. The Bertz CT molecular complexity index is 486. The third kappa shape index (κ3) is 4.44. The van der Waals surface area contributed by atoms with Crippen molar-refractivity contribution in [2.45, 2.75) is 46.6 Å². The largest absolute Gasteiger partial charge is 0.398 e. The van der Waals surface area contributed by atoms with E-state index in [0.717, 1.165) is 29.8 Å². The van der Waals surface area contributed by atoms with Gasteiger partial charge >= 0.3 is 0 Å². The van der Waals surface area contributed by atoms with Gasteiger partial charge in [-0.25, -0.2) is 0 Å². The van der Waals surface area contributed by atoms with Gasteiger partial charge in [-0.15, -0.1) is 0 Å². The molecule has 110 valence electrons. The normalized spacial score (nSPS) is 12.2. The number of rotatable bonds is 7. The fraction of sp³-hybridized carbons (Fsp3) is 0.444. The second-order valence-electron chi connectivity index (χ2n) is 5.86. The molecule has 2 heteroatoms. The van der Waals surface area contributed by atoms with E-state index in [0.29, 0.717) is 5.92 Å². The predicted molar refractivity (Wildman–Crippen MR) is 89.6 cm³/mol. The molecule has 0 spiro atoms. The topological polar surface area (TPSA) is 38.0 Å². The summed E-state index contributed by atoms with van der Waals surface area (Å²) in [6.07, 6.45) is 1.74. The molecule has 1 aromatic rings. The number of hydrogen-bond acceptors (Lipinski definition) is 2. The molecule has 1 atom stereocenters. The van der Waals surface area contributed by atoms with Crippen LogP contribution in [0.15, 0.2) is 42.6 Å². The molecule has 0 saturated heterocycles. The van der Waals surface area contributed by atoms with Crippen molar-refractivity contribution in [3.8, 4) is 0 Å². The van der Waals surface area contributed by atoms with Gasteiger partial charge in [-0.1, -0.05) is 51.6 Å². The third-order valence-corrected chi connectivity index (χ3v) is 3.63. The molecule has 0 amide bonds. The number of anilines is 1. The van der Waals surface area contributed by atoms with Crippen molar-refractivity contribution in [3.05, 3.63) is 53.8 Å². The molecule has 0 aromatic heterocycles. The number of nitrogens with one attached hydrogen (secondary N) is 1. The summed E-state index contributed by atoms with van der Waals surface area (Å²) in [6, 6.07) is 6.45. The molecule has 0 aliphatic carbocycles. The molecule has 1 rings (SSSR count). The summed E-state index contributed by atoms with van der Waals surface area (Å²) in [7, 11) is 0. The van der Waals surface area contributed by atoms with Crippen molar-refractivity contribution in [2.75, 3.05) is 5.73 Å². The first kappa shape index (κ1) is 16.4. The predicted octanol–water partition coefficient (Wildman–Crippen LogP) is 4.21. The van der Waals surface area contributed by atoms with Crippen molar-refractivity contribution >= 4 is 5.69 Å². The lowest BCUT2D eigenvalue weighted by atomic mass is 9.94. The zero-order valence-electron chi connectivity index (χ0n) is 13.3. The second-order valence-corrected chi connectivity index (χ2v) is 5.86. The molecule has 0 bridgehead atoms. The van der Waals surface area contributed by atoms with Crippen molar-refractivity contribution < 1.29 is 0 Å². The Labute approximate surface area is 123 Å². The zero-order valence-corrected chi connectivity index (χ0v) is 13.3. The highest BCUT2D eigenvalue weighted by Gasteiger charge is 2.16. The number of aryl methyl sites for hydroxylation is 1. The van der Waals surface area contributed by atoms with E-state index >= 15 is 0 Å². The summed E-state index contributed by atoms with van der Waals surface area (Å²) in [5.41, 5.74) is 11.4. The van der Waals surface area contributed by atoms with Crippen molar-refractivity contribution in [1.29, 1.82) is 0 Å². The Morgan fingerprint density at radius 2 is 1.95 bits per heavy atom. The van der Waals surface area contributed by atoms with E-state index in [2.05, 4.69) is 51.4 Å². The summed E-state index contributed by atoms with van der Waals surface area (Å²) >= 11 is 0. The third-order valence-electron chi connectivity index (χ3n) is 3.63. The quantitative estimate of drug-likeness (QED) is 0.576. The number of allylic oxidation sites excluding steroid dienone is 1. The number of nitrogen functional groups attached to an aromatic ring is 1. The molecule has 0 radical (unpaired) electrons. The first-order chi connectivity index (χ1) is 9.35. The van der Waals surface area contributed by atoms with E-state index in [9.17, 15) is 0 Å². The number of benzene rings is 1. The fourth-order valence-corrected chi connectivity index (χ4v) is 2.34. The van der Waals surface area contributed by atoms with Gasteiger partial charge in [0.2, 0.25) is 0 Å². The Hall–Kier alpha value is -1.70. The summed E-state index contributed by atoms with van der Waals surface area (Å²) in [5.74, 6) is 0.495. The molecule has 0 aliphatic heterocycles. The summed E-state index contributed by atoms with van der Waals surface area (Å²) in [5, 5.41) is 3.51. The maximum Gasteiger partial charge on any atom is 0.0490 e. The monoisotopic (exact) mass is 272 g/mol. The standard InChI is InChI=1S/C18H28N2/c1-7-14(5)18(12(2)3)20-15(6)11-16-9-8-13(4)10-17(16)19/h8-10,12,18,20H,5-7,11,19H2,1-4H3/t18-/m1/s1. The van der Waals surface area contributed by atoms with Gasteiger partial charge in [0.25, 0.3) is 0 Å². The maximum atomic E-state index is 6.06. The lowest BCUT2D eigenvalue weighted by Crippen LogP contribution is -2.35. The van der Waals surface area contributed by atoms with Crippen LogP contribution in [0.1, 0.15) is 38.3 Å². The molecule has 0 unspecified atom stereocenters. The Balaban J connectivity index is 2.73. The van der Waals surface area contributed by atoms with Crippen LogP contribution in [0, 0.1) is 12.8 Å². The average Bonchev–Trinajstić information content (AvgIpc) is 2.38. The molecule has 1 aromatic carbocycles. The van der Waals surface area contributed by atoms with E-state index in [1.165, 1.54) is 11.1 Å². The maximum absolute atomic E-state index is 6.06. The molecule has 20 heavy (non-hydrogen) atoms. The Kier molecular flexibility index (Phi) is 5.87. The van der Waals surface area contributed by atoms with Gasteiger partial charge in [-0.05, 0) is 36.5 Å². The SMILES string of the molecule is C=C(Cc1ccc(C)cc1N)N[C@@H](C(=C)CC)C(C)C. The van der Waals surface area contributed by atoms with Crippen LogP contribution >= 0.6 is 0 Å². The lowest BCUT2D eigenvalue weighted by Gasteiger charge is -2.26. The lowest BCUT2D eigenvalue weighted by molar-refractivity contribution is 0.471. The number of hydrogen-bond donors (Lipinski definition) is 2. The molecular weight excluding hydrogens is 244 g/mol. The van der Waals surface area contributed by atoms with Crippen LogP contribution in [-0.4, -0.2) is 6.04 Å². The fourth-order valence-electron chi connectivity index (χ4n) is 2.34. The van der Waals surface area contributed by atoms with Crippen LogP contribution in [-0.2, 0) is 6.42 Å². The zero-order chi connectivity index (χ0) is 15.3. The van der Waals surface area contributed by atoms with Gasteiger partial charge in [0.05, 0.1) is 0 Å². The Morgan fingerprint density at radius 1 is 1.30 bits per heavy atom. The van der Waals surface area contributed by atoms with Gasteiger partial charge in [0, 0.05) is 23.8 Å². The summed E-state index contributed by atoms with van der Waals surface area (Å²) in [4.78, 5) is 0. The van der Waals surface area contributed by atoms with E-state index in [1.807, 2.05) is 13.0 Å². The van der Waals surface area contributed by atoms with Gasteiger partial charge in [-0.2, -0.15) is 0 Å². The van der Waals surface area contributed by atoms with Crippen LogP contribution in [0.2, 0.25) is 0 Å². The minimum atomic E-state index is 0.277. The van der Waals surface area contributed by atoms with E-state index in [1.54, 1.807) is 0 Å². The molecule has 2 nitrogen and oxygen atoms in total. The summed E-state index contributed by atoms with van der Waals surface area (Å²) in [6.45, 7) is 16.9. The molecule has 0 aliphatic rings. The van der Waals surface area contributed by atoms with Gasteiger partial charge in [0.1, 0.15) is 0 Å². The van der Waals surface area contributed by atoms with Crippen molar-refractivity contribution in [1.82, 2.24) is 5.32 Å². The smallest absolute Gasteiger partial charge is 0.0490 e. The average molecular weight is 272 g/mol. The Morgan fingerprint density at radius 3 is 2.45 bits per heavy atom. The molecule has 0 saturated carbocycles. The highest BCUT2D eigenvalue weighted by atomic mass is 14.9. The van der Waals surface area contributed by atoms with Gasteiger partial charge in [-0.3, -0.25) is 0 Å². The first-order valence-corrected chi connectivity index (χ1v) is 7.32. The molecule has 3 N–H and O–H groups in total. The van der Waals surface area contributed by atoms with E-state index in [-0.39, 0.29) is 6.04 Å². The first-order valence-electron chi connectivity index (χ1n) is 7.32. The summed E-state index contributed by atoms with van der Waals surface area (Å²) < 4.78 is 0. The number of nitrogens with two attached hydrogens (primary N) is 1. The van der Waals surface area contributed by atoms with Crippen LogP contribution in [0.5, 0.6) is 0 Å². The van der Waals surface area contributed by atoms with E-state index < -0.39 is 0 Å². The molecular formula is C18H28N2.